The van der Waals surface area contributed by atoms with Gasteiger partial charge in [-0.05, 0) is 20.8 Å². The molecule has 1 heterocycles. The number of imide groups is 1. The van der Waals surface area contributed by atoms with Crippen molar-refractivity contribution in [1.29, 1.82) is 0 Å². The summed E-state index contributed by atoms with van der Waals surface area (Å²) in [7, 11) is 0. The Labute approximate surface area is 72.0 Å². The van der Waals surface area contributed by atoms with Gasteiger partial charge in [-0.1, -0.05) is 5.57 Å². The second-order valence-electron chi connectivity index (χ2n) is 3.10. The normalized spacial score (nSPS) is 17.6. The Bertz CT molecular complexity index is 262. The Hall–Kier alpha value is -1.12. The molecule has 0 aromatic rings. The summed E-state index contributed by atoms with van der Waals surface area (Å²) in [5, 5.41) is 0. The predicted molar refractivity (Wildman–Crippen MR) is 45.4 cm³/mol. The van der Waals surface area contributed by atoms with E-state index in [4.69, 9.17) is 0 Å². The van der Waals surface area contributed by atoms with Crippen LogP contribution in [0.2, 0.25) is 0 Å². The molecule has 3 nitrogen and oxygen atoms in total. The van der Waals surface area contributed by atoms with Gasteiger partial charge in [0.1, 0.15) is 0 Å². The van der Waals surface area contributed by atoms with Crippen molar-refractivity contribution < 1.29 is 9.59 Å². The minimum absolute atomic E-state index is 0.0706. The van der Waals surface area contributed by atoms with E-state index in [1.807, 2.05) is 20.8 Å². The van der Waals surface area contributed by atoms with Gasteiger partial charge in [-0.25, -0.2) is 0 Å². The van der Waals surface area contributed by atoms with Gasteiger partial charge in [0.15, 0.2) is 0 Å². The largest absolute Gasteiger partial charge is 0.279 e. The van der Waals surface area contributed by atoms with Crippen LogP contribution in [0.1, 0.15) is 27.2 Å². The minimum Gasteiger partial charge on any atom is -0.279 e. The summed E-state index contributed by atoms with van der Waals surface area (Å²) in [6, 6.07) is 0. The van der Waals surface area contributed by atoms with Crippen molar-refractivity contribution in [3.05, 3.63) is 11.1 Å². The summed E-state index contributed by atoms with van der Waals surface area (Å²) in [5.74, 6) is -0.179. The van der Waals surface area contributed by atoms with Gasteiger partial charge in [0.2, 0.25) is 5.91 Å². The van der Waals surface area contributed by atoms with Crippen molar-refractivity contribution in [2.45, 2.75) is 27.2 Å². The second-order valence-corrected chi connectivity index (χ2v) is 3.10. The number of likely N-dealkylation sites (N-methyl/N-ethyl adjacent to an activating group) is 1. The number of rotatable bonds is 1. The van der Waals surface area contributed by atoms with Gasteiger partial charge < -0.3 is 0 Å². The Morgan fingerprint density at radius 3 is 2.25 bits per heavy atom. The number of amides is 2. The van der Waals surface area contributed by atoms with E-state index in [-0.39, 0.29) is 18.2 Å². The van der Waals surface area contributed by atoms with Crippen LogP contribution in [-0.4, -0.2) is 23.3 Å². The number of hydrogen-bond donors (Lipinski definition) is 0. The Morgan fingerprint density at radius 1 is 1.42 bits per heavy atom. The van der Waals surface area contributed by atoms with Crippen molar-refractivity contribution in [2.75, 3.05) is 6.54 Å². The minimum atomic E-state index is -0.109. The molecule has 0 unspecified atom stereocenters. The quantitative estimate of drug-likeness (QED) is 0.433. The third-order valence-corrected chi connectivity index (χ3v) is 2.05. The van der Waals surface area contributed by atoms with Crippen LogP contribution in [0.4, 0.5) is 0 Å². The van der Waals surface area contributed by atoms with E-state index < -0.39 is 0 Å². The van der Waals surface area contributed by atoms with Crippen LogP contribution >= 0.6 is 0 Å². The molecule has 0 atom stereocenters. The van der Waals surface area contributed by atoms with Crippen molar-refractivity contribution in [3.8, 4) is 0 Å². The van der Waals surface area contributed by atoms with Crippen molar-refractivity contribution >= 4 is 11.8 Å². The highest BCUT2D eigenvalue weighted by Crippen LogP contribution is 2.21. The summed E-state index contributed by atoms with van der Waals surface area (Å²) < 4.78 is 0. The lowest BCUT2D eigenvalue weighted by atomic mass is 10.1. The Morgan fingerprint density at radius 2 is 2.00 bits per heavy atom. The first-order chi connectivity index (χ1) is 5.57. The second kappa shape index (κ2) is 3.09. The van der Waals surface area contributed by atoms with Crippen LogP contribution in [0.25, 0.3) is 0 Å². The number of carbonyl (C=O) groups excluding carboxylic acids is 2. The monoisotopic (exact) mass is 167 g/mol. The molecule has 2 amide bonds. The smallest absolute Gasteiger partial charge is 0.256 e. The molecule has 3 heteroatoms. The number of carbonyl (C=O) groups is 2. The molecule has 66 valence electrons. The van der Waals surface area contributed by atoms with Gasteiger partial charge >= 0.3 is 0 Å². The molecule has 1 fully saturated rings. The molecule has 0 spiro atoms. The van der Waals surface area contributed by atoms with E-state index in [0.717, 1.165) is 5.57 Å². The van der Waals surface area contributed by atoms with Gasteiger partial charge in [-0.2, -0.15) is 0 Å². The fourth-order valence-corrected chi connectivity index (χ4v) is 1.31. The van der Waals surface area contributed by atoms with Crippen LogP contribution in [0.5, 0.6) is 0 Å². The van der Waals surface area contributed by atoms with Gasteiger partial charge in [0.25, 0.3) is 5.91 Å². The molecule has 0 N–H and O–H groups in total. The van der Waals surface area contributed by atoms with Crippen molar-refractivity contribution in [1.82, 2.24) is 4.90 Å². The molecule has 1 rings (SSSR count). The van der Waals surface area contributed by atoms with E-state index >= 15 is 0 Å². The molecule has 1 aliphatic rings. The summed E-state index contributed by atoms with van der Waals surface area (Å²) in [6.07, 6.45) is 0.287. The lowest BCUT2D eigenvalue weighted by Crippen LogP contribution is -2.28. The molecule has 0 radical (unpaired) electrons. The first kappa shape index (κ1) is 8.97. The molecule has 12 heavy (non-hydrogen) atoms. The molecular weight excluding hydrogens is 154 g/mol. The lowest BCUT2D eigenvalue weighted by molar-refractivity contribution is -0.137. The maximum Gasteiger partial charge on any atom is 0.256 e. The highest BCUT2D eigenvalue weighted by molar-refractivity contribution is 6.13. The molecule has 0 saturated carbocycles. The number of allylic oxidation sites excluding steroid dienone is 1. The zero-order valence-corrected chi connectivity index (χ0v) is 7.68. The summed E-state index contributed by atoms with van der Waals surface area (Å²) in [4.78, 5) is 23.9. The lowest BCUT2D eigenvalue weighted by Gasteiger charge is -2.08. The molecule has 0 bridgehead atoms. The fourth-order valence-electron chi connectivity index (χ4n) is 1.31. The zero-order chi connectivity index (χ0) is 9.30. The van der Waals surface area contributed by atoms with Gasteiger partial charge in [-0.3, -0.25) is 14.5 Å². The van der Waals surface area contributed by atoms with Crippen LogP contribution < -0.4 is 0 Å². The molecule has 1 aliphatic heterocycles. The fraction of sp³-hybridized carbons (Fsp3) is 0.556. The van der Waals surface area contributed by atoms with Gasteiger partial charge in [-0.15, -0.1) is 0 Å². The van der Waals surface area contributed by atoms with Gasteiger partial charge in [0, 0.05) is 12.1 Å². The number of hydrogen-bond acceptors (Lipinski definition) is 2. The van der Waals surface area contributed by atoms with E-state index in [0.29, 0.717) is 12.1 Å². The molecular formula is C9H13NO2. The molecule has 0 aromatic carbocycles. The number of nitrogens with zero attached hydrogens (tertiary/aromatic N) is 1. The Kier molecular flexibility index (Phi) is 2.31. The van der Waals surface area contributed by atoms with Crippen LogP contribution in [0.15, 0.2) is 11.1 Å². The molecule has 0 aliphatic carbocycles. The summed E-state index contributed by atoms with van der Waals surface area (Å²) >= 11 is 0. The number of likely N-dealkylation sites (tertiary alicyclic amines) is 1. The molecule has 0 aromatic heterocycles. The van der Waals surface area contributed by atoms with E-state index in [9.17, 15) is 9.59 Å². The third kappa shape index (κ3) is 1.26. The summed E-state index contributed by atoms with van der Waals surface area (Å²) in [5.41, 5.74) is 1.62. The maximum absolute atomic E-state index is 11.4. The van der Waals surface area contributed by atoms with E-state index in [2.05, 4.69) is 0 Å². The van der Waals surface area contributed by atoms with Crippen LogP contribution in [0.3, 0.4) is 0 Å². The van der Waals surface area contributed by atoms with Crippen molar-refractivity contribution in [3.63, 3.8) is 0 Å². The van der Waals surface area contributed by atoms with E-state index in [1.165, 1.54) is 4.90 Å². The average molecular weight is 167 g/mol. The highest BCUT2D eigenvalue weighted by Gasteiger charge is 2.32. The van der Waals surface area contributed by atoms with E-state index in [1.54, 1.807) is 0 Å². The maximum atomic E-state index is 11.4. The van der Waals surface area contributed by atoms with Gasteiger partial charge in [0.05, 0.1) is 6.42 Å². The first-order valence-electron chi connectivity index (χ1n) is 4.09. The predicted octanol–water partition coefficient (Wildman–Crippen LogP) is 1.10. The first-order valence-corrected chi connectivity index (χ1v) is 4.09. The molecule has 1 saturated heterocycles. The highest BCUT2D eigenvalue weighted by atomic mass is 16.2. The standard InChI is InChI=1S/C9H13NO2/c1-4-10-8(11)5-7(6(2)3)9(10)12/h4-5H2,1-3H3. The SMILES string of the molecule is CCN1C(=O)CC(=C(C)C)C1=O. The summed E-state index contributed by atoms with van der Waals surface area (Å²) in [6.45, 7) is 6.01. The van der Waals surface area contributed by atoms with Crippen molar-refractivity contribution in [2.24, 2.45) is 0 Å². The zero-order valence-electron chi connectivity index (χ0n) is 7.68. The Balaban J connectivity index is 2.98. The third-order valence-electron chi connectivity index (χ3n) is 2.05. The topological polar surface area (TPSA) is 37.4 Å². The van der Waals surface area contributed by atoms with Crippen LogP contribution in [0, 0.1) is 0 Å². The van der Waals surface area contributed by atoms with Crippen LogP contribution in [-0.2, 0) is 9.59 Å². The average Bonchev–Trinajstić information content (AvgIpc) is 2.27.